The number of carbonyl (C=O) groups excluding carboxylic acids is 2. The molecule has 3 heterocycles. The van der Waals surface area contributed by atoms with Crippen LogP contribution in [0.5, 0.6) is 0 Å². The van der Waals surface area contributed by atoms with Crippen molar-refractivity contribution in [1.82, 2.24) is 25.3 Å². The first-order valence-corrected chi connectivity index (χ1v) is 9.16. The van der Waals surface area contributed by atoms with E-state index in [1.54, 1.807) is 23.1 Å². The van der Waals surface area contributed by atoms with E-state index in [1.807, 2.05) is 11.8 Å². The first-order valence-electron chi connectivity index (χ1n) is 7.36. The maximum absolute atomic E-state index is 12.3. The summed E-state index contributed by atoms with van der Waals surface area (Å²) in [5, 5.41) is 11.8. The van der Waals surface area contributed by atoms with Crippen LogP contribution in [0.25, 0.3) is 0 Å². The number of amides is 2. The predicted molar refractivity (Wildman–Crippen MR) is 84.9 cm³/mol. The van der Waals surface area contributed by atoms with Crippen LogP contribution >= 0.6 is 23.1 Å². The predicted octanol–water partition coefficient (Wildman–Crippen LogP) is -0.0287. The molecule has 0 aromatic carbocycles. The fourth-order valence-electron chi connectivity index (χ4n) is 2.72. The Morgan fingerprint density at radius 1 is 1.41 bits per heavy atom. The largest absolute Gasteiger partial charge is 0.353 e. The van der Waals surface area contributed by atoms with Gasteiger partial charge in [-0.05, 0) is 6.92 Å². The van der Waals surface area contributed by atoms with E-state index in [2.05, 4.69) is 20.4 Å². The van der Waals surface area contributed by atoms with Crippen molar-refractivity contribution in [2.75, 3.05) is 38.5 Å². The second-order valence-corrected chi connectivity index (χ2v) is 7.89. The standard InChI is InChI=1S/C13H19N5O2S2/c1-9-15-16-13(22-9)21-7-2-11(19)18-6-5-17-4-3-14-12(20)10(17)8-18/h10H,2-8H2,1H3,(H,14,20)/t10-/m1/s1. The summed E-state index contributed by atoms with van der Waals surface area (Å²) in [5.74, 6) is 0.860. The highest BCUT2D eigenvalue weighted by atomic mass is 32.2. The zero-order valence-corrected chi connectivity index (χ0v) is 14.1. The third-order valence-electron chi connectivity index (χ3n) is 3.89. The maximum Gasteiger partial charge on any atom is 0.239 e. The minimum Gasteiger partial charge on any atom is -0.353 e. The summed E-state index contributed by atoms with van der Waals surface area (Å²) in [4.78, 5) is 28.2. The molecular weight excluding hydrogens is 322 g/mol. The van der Waals surface area contributed by atoms with Gasteiger partial charge in [-0.3, -0.25) is 14.5 Å². The van der Waals surface area contributed by atoms with Gasteiger partial charge in [0.2, 0.25) is 11.8 Å². The number of nitrogens with zero attached hydrogens (tertiary/aromatic N) is 4. The van der Waals surface area contributed by atoms with Crippen LogP contribution in [0.3, 0.4) is 0 Å². The number of nitrogens with one attached hydrogen (secondary N) is 1. The summed E-state index contributed by atoms with van der Waals surface area (Å²) < 4.78 is 0.904. The third kappa shape index (κ3) is 3.58. The van der Waals surface area contributed by atoms with Gasteiger partial charge >= 0.3 is 0 Å². The highest BCUT2D eigenvalue weighted by Gasteiger charge is 2.35. The summed E-state index contributed by atoms with van der Waals surface area (Å²) in [7, 11) is 0. The SMILES string of the molecule is Cc1nnc(SCCC(=O)N2CCN3CCNC(=O)[C@H]3C2)s1. The van der Waals surface area contributed by atoms with Gasteiger partial charge in [0.1, 0.15) is 11.0 Å². The van der Waals surface area contributed by atoms with Crippen LogP contribution in [0.2, 0.25) is 0 Å². The van der Waals surface area contributed by atoms with Gasteiger partial charge in [-0.2, -0.15) is 0 Å². The molecule has 22 heavy (non-hydrogen) atoms. The molecule has 0 bridgehead atoms. The molecule has 0 spiro atoms. The van der Waals surface area contributed by atoms with Gasteiger partial charge in [-0.1, -0.05) is 23.1 Å². The van der Waals surface area contributed by atoms with E-state index < -0.39 is 0 Å². The lowest BCUT2D eigenvalue weighted by atomic mass is 10.1. The summed E-state index contributed by atoms with van der Waals surface area (Å²) in [6, 6.07) is -0.176. The summed E-state index contributed by atoms with van der Waals surface area (Å²) in [6.45, 7) is 5.51. The first kappa shape index (κ1) is 15.7. The van der Waals surface area contributed by atoms with E-state index in [1.165, 1.54) is 0 Å². The molecule has 120 valence electrons. The number of aromatic nitrogens is 2. The third-order valence-corrected chi connectivity index (χ3v) is 5.87. The lowest BCUT2D eigenvalue weighted by Crippen LogP contribution is -2.64. The van der Waals surface area contributed by atoms with Crippen molar-refractivity contribution in [3.8, 4) is 0 Å². The molecule has 0 radical (unpaired) electrons. The van der Waals surface area contributed by atoms with Crippen LogP contribution in [0.1, 0.15) is 11.4 Å². The van der Waals surface area contributed by atoms with Crippen LogP contribution in [0.4, 0.5) is 0 Å². The number of hydrogen-bond acceptors (Lipinski definition) is 7. The number of fused-ring (bicyclic) bond motifs is 1. The Kier molecular flexibility index (Phi) is 4.94. The Bertz CT molecular complexity index is 564. The zero-order chi connectivity index (χ0) is 15.5. The molecule has 1 aromatic rings. The molecule has 0 saturated carbocycles. The van der Waals surface area contributed by atoms with E-state index in [9.17, 15) is 9.59 Å². The molecule has 2 aliphatic rings. The number of piperazine rings is 2. The highest BCUT2D eigenvalue weighted by Crippen LogP contribution is 2.23. The second-order valence-electron chi connectivity index (χ2n) is 5.37. The van der Waals surface area contributed by atoms with E-state index in [0.29, 0.717) is 31.8 Å². The zero-order valence-electron chi connectivity index (χ0n) is 12.4. The van der Waals surface area contributed by atoms with Crippen LogP contribution in [0, 0.1) is 6.92 Å². The molecule has 2 aliphatic heterocycles. The topological polar surface area (TPSA) is 78.4 Å². The van der Waals surface area contributed by atoms with Crippen molar-refractivity contribution < 1.29 is 9.59 Å². The average Bonchev–Trinajstić information content (AvgIpc) is 2.93. The van der Waals surface area contributed by atoms with Crippen molar-refractivity contribution in [2.45, 2.75) is 23.7 Å². The van der Waals surface area contributed by atoms with E-state index in [0.717, 1.165) is 22.4 Å². The molecule has 3 rings (SSSR count). The van der Waals surface area contributed by atoms with Crippen molar-refractivity contribution in [3.63, 3.8) is 0 Å². The molecule has 9 heteroatoms. The maximum atomic E-state index is 12.3. The number of aryl methyl sites for hydroxylation is 1. The minimum atomic E-state index is -0.176. The number of carbonyl (C=O) groups is 2. The van der Waals surface area contributed by atoms with Crippen molar-refractivity contribution in [1.29, 1.82) is 0 Å². The van der Waals surface area contributed by atoms with Crippen molar-refractivity contribution in [2.24, 2.45) is 0 Å². The summed E-state index contributed by atoms with van der Waals surface area (Å²) >= 11 is 3.11. The van der Waals surface area contributed by atoms with Crippen molar-refractivity contribution in [3.05, 3.63) is 5.01 Å². The first-order chi connectivity index (χ1) is 10.6. The van der Waals surface area contributed by atoms with Crippen LogP contribution < -0.4 is 5.32 Å². The Morgan fingerprint density at radius 2 is 2.27 bits per heavy atom. The van der Waals surface area contributed by atoms with E-state index in [4.69, 9.17) is 0 Å². The molecule has 1 N–H and O–H groups in total. The number of thioether (sulfide) groups is 1. The summed E-state index contributed by atoms with van der Waals surface area (Å²) in [5.41, 5.74) is 0. The normalized spacial score (nSPS) is 22.3. The molecule has 2 saturated heterocycles. The fourth-order valence-corrected chi connectivity index (χ4v) is 4.54. The molecule has 2 amide bonds. The molecule has 0 unspecified atom stereocenters. The van der Waals surface area contributed by atoms with Gasteiger partial charge in [0, 0.05) is 44.9 Å². The molecule has 1 aromatic heterocycles. The van der Waals surface area contributed by atoms with Gasteiger partial charge in [0.15, 0.2) is 4.34 Å². The summed E-state index contributed by atoms with van der Waals surface area (Å²) in [6.07, 6.45) is 0.470. The number of hydrogen-bond donors (Lipinski definition) is 1. The Hall–Kier alpha value is -1.19. The van der Waals surface area contributed by atoms with Gasteiger partial charge in [-0.15, -0.1) is 10.2 Å². The lowest BCUT2D eigenvalue weighted by Gasteiger charge is -2.43. The van der Waals surface area contributed by atoms with Crippen LogP contribution in [-0.4, -0.2) is 76.3 Å². The van der Waals surface area contributed by atoms with E-state index >= 15 is 0 Å². The molecular formula is C13H19N5O2S2. The highest BCUT2D eigenvalue weighted by molar-refractivity contribution is 8.01. The molecule has 2 fully saturated rings. The van der Waals surface area contributed by atoms with Crippen molar-refractivity contribution >= 4 is 34.9 Å². The van der Waals surface area contributed by atoms with Crippen LogP contribution in [0.15, 0.2) is 4.34 Å². The van der Waals surface area contributed by atoms with Gasteiger partial charge in [-0.25, -0.2) is 0 Å². The monoisotopic (exact) mass is 341 g/mol. The quantitative estimate of drug-likeness (QED) is 0.775. The minimum absolute atomic E-state index is 0.0439. The van der Waals surface area contributed by atoms with Gasteiger partial charge < -0.3 is 10.2 Å². The lowest BCUT2D eigenvalue weighted by molar-refractivity contribution is -0.139. The van der Waals surface area contributed by atoms with E-state index in [-0.39, 0.29) is 17.9 Å². The Balaban J connectivity index is 1.47. The Labute approximate surface area is 137 Å². The fraction of sp³-hybridized carbons (Fsp3) is 0.692. The molecule has 7 nitrogen and oxygen atoms in total. The average molecular weight is 341 g/mol. The second kappa shape index (κ2) is 6.93. The van der Waals surface area contributed by atoms with Gasteiger partial charge in [0.05, 0.1) is 0 Å². The number of rotatable bonds is 4. The molecule has 0 aliphatic carbocycles. The molecule has 1 atom stereocenters. The smallest absolute Gasteiger partial charge is 0.239 e. The van der Waals surface area contributed by atoms with Gasteiger partial charge in [0.25, 0.3) is 0 Å². The van der Waals surface area contributed by atoms with Crippen LogP contribution in [-0.2, 0) is 9.59 Å². The Morgan fingerprint density at radius 3 is 3.05 bits per heavy atom.